The molecule has 0 spiro atoms. The normalized spacial score (nSPS) is 10.8. The van der Waals surface area contributed by atoms with Crippen LogP contribution in [0, 0.1) is 0 Å². The Labute approximate surface area is 73.2 Å². The molecular formula is H10AlO8PSi. The quantitative estimate of drug-likeness (QED) is 0.159. The second kappa shape index (κ2) is 6.24. The average molecular weight is 224 g/mol. The molecule has 0 atom stereocenters. The van der Waals surface area contributed by atoms with Crippen molar-refractivity contribution in [1.82, 2.24) is 0 Å². The van der Waals surface area contributed by atoms with Gasteiger partial charge in [0, 0.05) is 0 Å². The summed E-state index contributed by atoms with van der Waals surface area (Å²) in [5.41, 5.74) is 0. The highest BCUT2D eigenvalue weighted by atomic mass is 31.2. The van der Waals surface area contributed by atoms with Crippen LogP contribution in [0.3, 0.4) is 0 Å². The second-order valence-electron chi connectivity index (χ2n) is 1.11. The molecule has 0 rings (SSSR count). The van der Waals surface area contributed by atoms with Gasteiger partial charge in [-0.1, -0.05) is 0 Å². The Kier molecular flexibility index (Phi) is 10.0. The van der Waals surface area contributed by atoms with Crippen molar-refractivity contribution in [1.29, 1.82) is 0 Å². The van der Waals surface area contributed by atoms with Crippen molar-refractivity contribution in [2.24, 2.45) is 0 Å². The van der Waals surface area contributed by atoms with Gasteiger partial charge in [-0.2, -0.15) is 0 Å². The molecular weight excluding hydrogens is 214 g/mol. The van der Waals surface area contributed by atoms with Gasteiger partial charge >= 0.3 is 16.9 Å². The third kappa shape index (κ3) is 1660. The molecule has 7 N–H and O–H groups in total. The molecule has 0 bridgehead atoms. The highest BCUT2D eigenvalue weighted by Crippen LogP contribution is 2.25. The third-order valence-electron chi connectivity index (χ3n) is 0. The predicted octanol–water partition coefficient (Wildman–Crippen LogP) is -4.72. The minimum atomic E-state index is -4.64. The molecule has 0 aliphatic rings. The Balaban J connectivity index is -0.000000107. The molecule has 11 heteroatoms. The van der Waals surface area contributed by atoms with Crippen LogP contribution in [0.1, 0.15) is 0 Å². The fourth-order valence-electron chi connectivity index (χ4n) is 0. The Morgan fingerprint density at radius 2 is 0.909 bits per heavy atom. The Morgan fingerprint density at radius 1 is 0.909 bits per heavy atom. The van der Waals surface area contributed by atoms with Gasteiger partial charge in [-0.3, -0.25) is 0 Å². The minimum absolute atomic E-state index is 0. The first-order valence-corrected chi connectivity index (χ1v) is 5.03. The van der Waals surface area contributed by atoms with E-state index in [4.69, 9.17) is 38.4 Å². The Bertz CT molecular complexity index is 106. The summed E-state index contributed by atoms with van der Waals surface area (Å²) in [5, 5.41) is 0. The highest BCUT2D eigenvalue weighted by molar-refractivity contribution is 7.45. The van der Waals surface area contributed by atoms with Crippen molar-refractivity contribution in [3.63, 3.8) is 0 Å². The highest BCUT2D eigenvalue weighted by Gasteiger charge is 2.22. The lowest BCUT2D eigenvalue weighted by Crippen LogP contribution is -2.33. The monoisotopic (exact) mass is 224 g/mol. The number of hydrogen-bond donors (Lipinski definition) is 7. The lowest BCUT2D eigenvalue weighted by molar-refractivity contribution is 0.117. The van der Waals surface area contributed by atoms with Gasteiger partial charge in [0.1, 0.15) is 0 Å². The van der Waals surface area contributed by atoms with Crippen LogP contribution in [0.2, 0.25) is 0 Å². The molecule has 0 aromatic heterocycles. The van der Waals surface area contributed by atoms with Crippen LogP contribution in [-0.4, -0.2) is 60.3 Å². The van der Waals surface area contributed by atoms with E-state index in [1.54, 1.807) is 0 Å². The van der Waals surface area contributed by atoms with Crippen molar-refractivity contribution >= 4 is 34.2 Å². The summed E-state index contributed by atoms with van der Waals surface area (Å²) < 4.78 is 8.88. The maximum Gasteiger partial charge on any atom is 0.668 e. The average Bonchev–Trinajstić information content (AvgIpc) is 1.12. The lowest BCUT2D eigenvalue weighted by atomic mass is 15.7. The number of hydrogen-bond acceptors (Lipinski definition) is 5. The SMILES string of the molecule is O=P(O)(O)O.O[Si](O)(O)O.[AlH3]. The van der Waals surface area contributed by atoms with Crippen LogP contribution in [-0.2, 0) is 4.57 Å². The van der Waals surface area contributed by atoms with Crippen molar-refractivity contribution < 1.29 is 38.4 Å². The van der Waals surface area contributed by atoms with E-state index in [-0.39, 0.29) is 17.4 Å². The Hall–Kier alpha value is 0.699. The predicted molar refractivity (Wildman–Crippen MR) is 38.8 cm³/mol. The zero-order chi connectivity index (χ0) is 9.00. The van der Waals surface area contributed by atoms with E-state index in [0.717, 1.165) is 0 Å². The van der Waals surface area contributed by atoms with Crippen LogP contribution in [0.4, 0.5) is 0 Å². The Morgan fingerprint density at radius 3 is 0.909 bits per heavy atom. The third-order valence-corrected chi connectivity index (χ3v) is 0. The van der Waals surface area contributed by atoms with Gasteiger partial charge in [-0.15, -0.1) is 0 Å². The molecule has 0 aromatic carbocycles. The summed E-state index contributed by atoms with van der Waals surface area (Å²) >= 11 is 0. The number of phosphoric acid groups is 1. The van der Waals surface area contributed by atoms with E-state index >= 15 is 0 Å². The topological polar surface area (TPSA) is 159 Å². The van der Waals surface area contributed by atoms with Gasteiger partial charge in [0.15, 0.2) is 17.4 Å². The zero-order valence-corrected chi connectivity index (χ0v) is 6.38. The lowest BCUT2D eigenvalue weighted by Gasteiger charge is -1.91. The van der Waals surface area contributed by atoms with Crippen LogP contribution in [0.5, 0.6) is 0 Å². The molecule has 0 aromatic rings. The molecule has 0 unspecified atom stereocenters. The van der Waals surface area contributed by atoms with Crippen LogP contribution in [0.15, 0.2) is 0 Å². The second-order valence-corrected chi connectivity index (χ2v) is 3.34. The summed E-state index contributed by atoms with van der Waals surface area (Å²) in [6, 6.07) is 0. The first-order valence-electron chi connectivity index (χ1n) is 1.68. The van der Waals surface area contributed by atoms with E-state index in [0.29, 0.717) is 0 Å². The van der Waals surface area contributed by atoms with Crippen LogP contribution >= 0.6 is 7.82 Å². The summed E-state index contributed by atoms with van der Waals surface area (Å²) in [5.74, 6) is 0. The van der Waals surface area contributed by atoms with Gasteiger partial charge < -0.3 is 33.9 Å². The molecule has 0 radical (unpaired) electrons. The van der Waals surface area contributed by atoms with Crippen molar-refractivity contribution in [2.75, 3.05) is 0 Å². The summed E-state index contributed by atoms with van der Waals surface area (Å²) in [6.07, 6.45) is 0. The largest absolute Gasteiger partial charge is 0.668 e. The van der Waals surface area contributed by atoms with E-state index in [9.17, 15) is 0 Å². The van der Waals surface area contributed by atoms with Gasteiger partial charge in [-0.25, -0.2) is 4.57 Å². The van der Waals surface area contributed by atoms with E-state index in [1.165, 1.54) is 0 Å². The molecule has 0 amide bonds. The van der Waals surface area contributed by atoms with Crippen LogP contribution in [0.25, 0.3) is 0 Å². The molecule has 70 valence electrons. The number of rotatable bonds is 0. The zero-order valence-electron chi connectivity index (χ0n) is 4.49. The molecule has 0 heterocycles. The first kappa shape index (κ1) is 17.7. The maximum absolute atomic E-state index is 8.88. The molecule has 0 saturated heterocycles. The smallest absolute Gasteiger partial charge is 0.368 e. The summed E-state index contributed by atoms with van der Waals surface area (Å²) in [7, 11) is -9.25. The summed E-state index contributed by atoms with van der Waals surface area (Å²) in [4.78, 5) is 50.9. The summed E-state index contributed by atoms with van der Waals surface area (Å²) in [6.45, 7) is 0. The molecule has 0 saturated carbocycles. The van der Waals surface area contributed by atoms with Gasteiger partial charge in [0.25, 0.3) is 0 Å². The van der Waals surface area contributed by atoms with Crippen molar-refractivity contribution in [3.05, 3.63) is 0 Å². The standard InChI is InChI=1S/Al.H3O4P.H4O4Si.3H/c;2*1-5(2,3)4;;;/h;(H3,1,2,3,4);1-4H;;;. The first-order chi connectivity index (χ1) is 4.00. The van der Waals surface area contributed by atoms with Crippen molar-refractivity contribution in [3.8, 4) is 0 Å². The fourth-order valence-corrected chi connectivity index (χ4v) is 0. The molecule has 11 heavy (non-hydrogen) atoms. The minimum Gasteiger partial charge on any atom is -0.368 e. The van der Waals surface area contributed by atoms with Crippen LogP contribution < -0.4 is 0 Å². The molecule has 0 aliphatic heterocycles. The van der Waals surface area contributed by atoms with E-state index < -0.39 is 16.9 Å². The van der Waals surface area contributed by atoms with Gasteiger partial charge in [0.05, 0.1) is 0 Å². The van der Waals surface area contributed by atoms with E-state index in [2.05, 4.69) is 0 Å². The van der Waals surface area contributed by atoms with E-state index in [1.807, 2.05) is 0 Å². The van der Waals surface area contributed by atoms with Gasteiger partial charge in [0.2, 0.25) is 0 Å². The fraction of sp³-hybridized carbons (Fsp3) is 0. The molecule has 0 aliphatic carbocycles. The van der Waals surface area contributed by atoms with Crippen molar-refractivity contribution in [2.45, 2.75) is 0 Å². The maximum atomic E-state index is 8.88. The molecule has 8 nitrogen and oxygen atoms in total. The molecule has 0 fully saturated rings. The van der Waals surface area contributed by atoms with Gasteiger partial charge in [-0.05, 0) is 0 Å².